The maximum Gasteiger partial charge on any atom is 0.255 e. The first kappa shape index (κ1) is 13.4. The Kier molecular flexibility index (Phi) is 3.87. The van der Waals surface area contributed by atoms with Crippen LogP contribution in [0.3, 0.4) is 0 Å². The summed E-state index contributed by atoms with van der Waals surface area (Å²) in [6, 6.07) is 13.5. The van der Waals surface area contributed by atoms with Crippen molar-refractivity contribution in [1.82, 2.24) is 0 Å². The van der Waals surface area contributed by atoms with Crippen LogP contribution >= 0.6 is 0 Å². The van der Waals surface area contributed by atoms with E-state index >= 15 is 0 Å². The van der Waals surface area contributed by atoms with E-state index in [2.05, 4.69) is 5.32 Å². The Morgan fingerprint density at radius 1 is 1.30 bits per heavy atom. The number of rotatable bonds is 3. The second kappa shape index (κ2) is 5.76. The number of nitrogen functional groups attached to an aromatic ring is 1. The zero-order valence-electron chi connectivity index (χ0n) is 10.9. The molecule has 0 fully saturated rings. The van der Waals surface area contributed by atoms with Crippen molar-refractivity contribution in [2.24, 2.45) is 0 Å². The van der Waals surface area contributed by atoms with Crippen LogP contribution in [0.25, 0.3) is 0 Å². The first-order chi connectivity index (χ1) is 9.63. The highest BCUT2D eigenvalue weighted by molar-refractivity contribution is 6.06. The summed E-state index contributed by atoms with van der Waals surface area (Å²) in [5, 5.41) is 11.5. The lowest BCUT2D eigenvalue weighted by atomic mass is 10.1. The summed E-state index contributed by atoms with van der Waals surface area (Å²) in [5.74, 6) is 0.311. The van der Waals surface area contributed by atoms with E-state index in [4.69, 9.17) is 15.7 Å². The molecule has 0 aromatic heterocycles. The molecule has 2 rings (SSSR count). The van der Waals surface area contributed by atoms with Gasteiger partial charge in [-0.2, -0.15) is 5.26 Å². The number of methoxy groups -OCH3 is 1. The molecule has 1 amide bonds. The normalized spacial score (nSPS) is 9.60. The number of nitrogens with zero attached hydrogens (tertiary/aromatic N) is 1. The summed E-state index contributed by atoms with van der Waals surface area (Å²) < 4.78 is 5.07. The fourth-order valence-corrected chi connectivity index (χ4v) is 1.70. The lowest BCUT2D eigenvalue weighted by Crippen LogP contribution is -2.13. The van der Waals surface area contributed by atoms with Gasteiger partial charge in [-0.3, -0.25) is 4.79 Å². The van der Waals surface area contributed by atoms with Gasteiger partial charge in [0.15, 0.2) is 0 Å². The van der Waals surface area contributed by atoms with Gasteiger partial charge in [-0.15, -0.1) is 0 Å². The second-order valence-corrected chi connectivity index (χ2v) is 4.10. The van der Waals surface area contributed by atoms with Gasteiger partial charge in [0, 0.05) is 5.56 Å². The maximum absolute atomic E-state index is 12.1. The Morgan fingerprint density at radius 3 is 2.75 bits per heavy atom. The minimum atomic E-state index is -0.291. The fourth-order valence-electron chi connectivity index (χ4n) is 1.70. The number of ether oxygens (including phenoxy) is 1. The zero-order valence-corrected chi connectivity index (χ0v) is 10.9. The first-order valence-corrected chi connectivity index (χ1v) is 5.89. The van der Waals surface area contributed by atoms with Crippen molar-refractivity contribution < 1.29 is 9.53 Å². The highest BCUT2D eigenvalue weighted by atomic mass is 16.5. The molecule has 20 heavy (non-hydrogen) atoms. The summed E-state index contributed by atoms with van der Waals surface area (Å²) in [5.41, 5.74) is 7.52. The van der Waals surface area contributed by atoms with Crippen molar-refractivity contribution in [3.8, 4) is 11.8 Å². The highest BCUT2D eigenvalue weighted by Crippen LogP contribution is 2.21. The van der Waals surface area contributed by atoms with Crippen LogP contribution in [0.15, 0.2) is 42.5 Å². The van der Waals surface area contributed by atoms with Gasteiger partial charge >= 0.3 is 0 Å². The van der Waals surface area contributed by atoms with E-state index < -0.39 is 0 Å². The predicted molar refractivity (Wildman–Crippen MR) is 76.5 cm³/mol. The van der Waals surface area contributed by atoms with Crippen LogP contribution in [0.1, 0.15) is 15.9 Å². The van der Waals surface area contributed by atoms with E-state index in [1.807, 2.05) is 6.07 Å². The SMILES string of the molecule is COc1cccc(C(=O)Nc2ccc(C#N)cc2N)c1. The Balaban J connectivity index is 2.21. The Morgan fingerprint density at radius 2 is 2.10 bits per heavy atom. The lowest BCUT2D eigenvalue weighted by Gasteiger charge is -2.09. The second-order valence-electron chi connectivity index (χ2n) is 4.10. The molecule has 0 bridgehead atoms. The molecular formula is C15H13N3O2. The van der Waals surface area contributed by atoms with Gasteiger partial charge in [0.1, 0.15) is 5.75 Å². The van der Waals surface area contributed by atoms with Gasteiger partial charge in [-0.05, 0) is 36.4 Å². The van der Waals surface area contributed by atoms with Gasteiger partial charge in [-0.25, -0.2) is 0 Å². The third kappa shape index (κ3) is 2.87. The van der Waals surface area contributed by atoms with Crippen molar-refractivity contribution in [2.45, 2.75) is 0 Å². The smallest absolute Gasteiger partial charge is 0.255 e. The molecule has 0 atom stereocenters. The third-order valence-corrected chi connectivity index (χ3v) is 2.76. The number of anilines is 2. The van der Waals surface area contributed by atoms with Gasteiger partial charge in [0.2, 0.25) is 0 Å². The molecule has 0 heterocycles. The molecule has 0 saturated heterocycles. The molecule has 0 saturated carbocycles. The van der Waals surface area contributed by atoms with Crippen molar-refractivity contribution in [3.05, 3.63) is 53.6 Å². The van der Waals surface area contributed by atoms with Crippen LogP contribution in [0.4, 0.5) is 11.4 Å². The van der Waals surface area contributed by atoms with E-state index in [1.165, 1.54) is 13.2 Å². The van der Waals surface area contributed by atoms with E-state index in [0.29, 0.717) is 28.3 Å². The number of hydrogen-bond donors (Lipinski definition) is 2. The lowest BCUT2D eigenvalue weighted by molar-refractivity contribution is 0.102. The van der Waals surface area contributed by atoms with E-state index in [9.17, 15) is 4.79 Å². The minimum Gasteiger partial charge on any atom is -0.497 e. The number of amides is 1. The van der Waals surface area contributed by atoms with Crippen molar-refractivity contribution in [2.75, 3.05) is 18.2 Å². The van der Waals surface area contributed by atoms with Gasteiger partial charge in [0.25, 0.3) is 5.91 Å². The average molecular weight is 267 g/mol. The van der Waals surface area contributed by atoms with Crippen molar-refractivity contribution in [3.63, 3.8) is 0 Å². The number of nitrogens with two attached hydrogens (primary N) is 1. The van der Waals surface area contributed by atoms with Crippen molar-refractivity contribution >= 4 is 17.3 Å². The fraction of sp³-hybridized carbons (Fsp3) is 0.0667. The van der Waals surface area contributed by atoms with Crippen LogP contribution < -0.4 is 15.8 Å². The summed E-state index contributed by atoms with van der Waals surface area (Å²) in [6.07, 6.45) is 0. The van der Waals surface area contributed by atoms with Gasteiger partial charge in [0.05, 0.1) is 30.1 Å². The summed E-state index contributed by atoms with van der Waals surface area (Å²) in [4.78, 5) is 12.1. The standard InChI is InChI=1S/C15H13N3O2/c1-20-12-4-2-3-11(8-12)15(19)18-14-6-5-10(9-16)7-13(14)17/h2-8H,17H2,1H3,(H,18,19). The third-order valence-electron chi connectivity index (χ3n) is 2.76. The molecular weight excluding hydrogens is 254 g/mol. The van der Waals surface area contributed by atoms with E-state index in [1.54, 1.807) is 36.4 Å². The Labute approximate surface area is 116 Å². The number of benzene rings is 2. The maximum atomic E-state index is 12.1. The molecule has 5 heteroatoms. The summed E-state index contributed by atoms with van der Waals surface area (Å²) in [7, 11) is 1.54. The molecule has 0 radical (unpaired) electrons. The largest absolute Gasteiger partial charge is 0.497 e. The molecule has 100 valence electrons. The topological polar surface area (TPSA) is 88.1 Å². The van der Waals surface area contributed by atoms with Crippen LogP contribution in [0, 0.1) is 11.3 Å². The van der Waals surface area contributed by atoms with Crippen LogP contribution in [0.5, 0.6) is 5.75 Å². The van der Waals surface area contributed by atoms with Crippen LogP contribution in [0.2, 0.25) is 0 Å². The molecule has 2 aromatic rings. The average Bonchev–Trinajstić information content (AvgIpc) is 2.49. The Hall–Kier alpha value is -3.00. The van der Waals surface area contributed by atoms with Crippen molar-refractivity contribution in [1.29, 1.82) is 5.26 Å². The summed E-state index contributed by atoms with van der Waals surface area (Å²) in [6.45, 7) is 0. The summed E-state index contributed by atoms with van der Waals surface area (Å²) >= 11 is 0. The highest BCUT2D eigenvalue weighted by Gasteiger charge is 2.09. The van der Waals surface area contributed by atoms with Gasteiger partial charge in [-0.1, -0.05) is 6.07 Å². The number of nitrogens with one attached hydrogen (secondary N) is 1. The minimum absolute atomic E-state index is 0.291. The monoisotopic (exact) mass is 267 g/mol. The predicted octanol–water partition coefficient (Wildman–Crippen LogP) is 2.40. The van der Waals surface area contributed by atoms with Crippen LogP contribution in [-0.4, -0.2) is 13.0 Å². The molecule has 0 aliphatic rings. The van der Waals surface area contributed by atoms with Gasteiger partial charge < -0.3 is 15.8 Å². The molecule has 0 unspecified atom stereocenters. The Bertz CT molecular complexity index is 690. The molecule has 0 spiro atoms. The number of carbonyl (C=O) groups excluding carboxylic acids is 1. The number of carbonyl (C=O) groups is 1. The number of hydrogen-bond acceptors (Lipinski definition) is 4. The van der Waals surface area contributed by atoms with Crippen LogP contribution in [-0.2, 0) is 0 Å². The molecule has 2 aromatic carbocycles. The molecule has 0 aliphatic carbocycles. The quantitative estimate of drug-likeness (QED) is 0.836. The van der Waals surface area contributed by atoms with E-state index in [0.717, 1.165) is 0 Å². The molecule has 5 nitrogen and oxygen atoms in total. The first-order valence-electron chi connectivity index (χ1n) is 5.89. The number of nitriles is 1. The van der Waals surface area contributed by atoms with E-state index in [-0.39, 0.29) is 5.91 Å². The molecule has 0 aliphatic heterocycles. The molecule has 3 N–H and O–H groups in total. The zero-order chi connectivity index (χ0) is 14.5.